The summed E-state index contributed by atoms with van der Waals surface area (Å²) in [6.45, 7) is 2.71. The van der Waals surface area contributed by atoms with Crippen LogP contribution in [0.25, 0.3) is 0 Å². The van der Waals surface area contributed by atoms with Crippen molar-refractivity contribution in [3.05, 3.63) is 35.4 Å². The summed E-state index contributed by atoms with van der Waals surface area (Å²) in [6.07, 6.45) is 3.91. The second-order valence-electron chi connectivity index (χ2n) is 4.00. The molecule has 1 saturated carbocycles. The van der Waals surface area contributed by atoms with Gasteiger partial charge in [-0.15, -0.1) is 0 Å². The minimum Gasteiger partial charge on any atom is -0.211 e. The van der Waals surface area contributed by atoms with Gasteiger partial charge in [-0.1, -0.05) is 24.3 Å². The van der Waals surface area contributed by atoms with Gasteiger partial charge in [0.1, 0.15) is 0 Å². The van der Waals surface area contributed by atoms with Crippen LogP contribution in [0.3, 0.4) is 0 Å². The number of carbonyl (C=O) groups excluding carboxylic acids is 1. The molecule has 0 bridgehead atoms. The van der Waals surface area contributed by atoms with E-state index in [4.69, 9.17) is 0 Å². The minimum atomic E-state index is 0.156. The van der Waals surface area contributed by atoms with Crippen LogP contribution in [0.1, 0.15) is 24.0 Å². The summed E-state index contributed by atoms with van der Waals surface area (Å²) in [6, 6.07) is 8.34. The van der Waals surface area contributed by atoms with Crippen molar-refractivity contribution in [3.8, 4) is 0 Å². The minimum absolute atomic E-state index is 0.156. The molecule has 0 unspecified atom stereocenters. The number of aryl methyl sites for hydroxylation is 1. The molecule has 0 spiro atoms. The van der Waals surface area contributed by atoms with Crippen LogP contribution >= 0.6 is 0 Å². The first-order valence-electron chi connectivity index (χ1n) is 4.88. The number of isocyanates is 1. The summed E-state index contributed by atoms with van der Waals surface area (Å²) in [4.78, 5) is 13.8. The Bertz CT molecular complexity index is 387. The van der Waals surface area contributed by atoms with Crippen LogP contribution in [-0.2, 0) is 10.2 Å². The van der Waals surface area contributed by atoms with Gasteiger partial charge >= 0.3 is 0 Å². The largest absolute Gasteiger partial charge is 0.234 e. The van der Waals surface area contributed by atoms with E-state index < -0.39 is 0 Å². The smallest absolute Gasteiger partial charge is 0.211 e. The second-order valence-corrected chi connectivity index (χ2v) is 4.00. The quantitative estimate of drug-likeness (QED) is 0.527. The average Bonchev–Trinajstić information content (AvgIpc) is 2.97. The number of benzene rings is 1. The van der Waals surface area contributed by atoms with Crippen molar-refractivity contribution < 1.29 is 4.79 Å². The van der Waals surface area contributed by atoms with E-state index in [9.17, 15) is 4.79 Å². The van der Waals surface area contributed by atoms with Crippen molar-refractivity contribution >= 4 is 6.08 Å². The van der Waals surface area contributed by atoms with Gasteiger partial charge in [0.05, 0.1) is 6.54 Å². The Labute approximate surface area is 83.7 Å². The van der Waals surface area contributed by atoms with E-state index in [2.05, 4.69) is 24.0 Å². The first-order valence-corrected chi connectivity index (χ1v) is 4.88. The lowest BCUT2D eigenvalue weighted by Crippen LogP contribution is -2.12. The fourth-order valence-electron chi connectivity index (χ4n) is 2.02. The highest BCUT2D eigenvalue weighted by Gasteiger charge is 2.44. The van der Waals surface area contributed by atoms with E-state index in [1.54, 1.807) is 6.08 Å². The van der Waals surface area contributed by atoms with Crippen molar-refractivity contribution in [2.45, 2.75) is 25.2 Å². The molecule has 72 valence electrons. The van der Waals surface area contributed by atoms with Crippen molar-refractivity contribution in [3.63, 3.8) is 0 Å². The summed E-state index contributed by atoms with van der Waals surface area (Å²) in [5, 5.41) is 0. The van der Waals surface area contributed by atoms with Gasteiger partial charge in [0.2, 0.25) is 6.08 Å². The summed E-state index contributed by atoms with van der Waals surface area (Å²) in [7, 11) is 0. The van der Waals surface area contributed by atoms with Gasteiger partial charge in [-0.05, 0) is 30.9 Å². The third-order valence-electron chi connectivity index (χ3n) is 3.02. The van der Waals surface area contributed by atoms with Crippen molar-refractivity contribution in [1.29, 1.82) is 0 Å². The van der Waals surface area contributed by atoms with Crippen LogP contribution < -0.4 is 0 Å². The van der Waals surface area contributed by atoms with Crippen LogP contribution in [0, 0.1) is 6.92 Å². The topological polar surface area (TPSA) is 29.4 Å². The molecular weight excluding hydrogens is 174 g/mol. The van der Waals surface area contributed by atoms with Gasteiger partial charge in [0, 0.05) is 5.41 Å². The summed E-state index contributed by atoms with van der Waals surface area (Å²) in [5.74, 6) is 0. The first-order chi connectivity index (χ1) is 6.78. The molecule has 1 aliphatic carbocycles. The van der Waals surface area contributed by atoms with Gasteiger partial charge in [0.25, 0.3) is 0 Å². The average molecular weight is 187 g/mol. The predicted octanol–water partition coefficient (Wildman–Crippen LogP) is 2.36. The molecular formula is C12H13NO. The third kappa shape index (κ3) is 1.49. The van der Waals surface area contributed by atoms with E-state index in [-0.39, 0.29) is 5.41 Å². The number of hydrogen-bond donors (Lipinski definition) is 0. The van der Waals surface area contributed by atoms with Crippen LogP contribution in [0.2, 0.25) is 0 Å². The Hall–Kier alpha value is -1.40. The van der Waals surface area contributed by atoms with Crippen LogP contribution in [0.4, 0.5) is 0 Å². The molecule has 1 fully saturated rings. The van der Waals surface area contributed by atoms with E-state index >= 15 is 0 Å². The maximum atomic E-state index is 10.1. The van der Waals surface area contributed by atoms with Gasteiger partial charge in [0.15, 0.2) is 0 Å². The van der Waals surface area contributed by atoms with E-state index in [0.29, 0.717) is 6.54 Å². The molecule has 0 radical (unpaired) electrons. The van der Waals surface area contributed by atoms with Gasteiger partial charge < -0.3 is 0 Å². The molecule has 0 atom stereocenters. The molecule has 0 heterocycles. The highest BCUT2D eigenvalue weighted by molar-refractivity contribution is 5.40. The monoisotopic (exact) mass is 187 g/mol. The Balaban J connectivity index is 2.30. The molecule has 0 N–H and O–H groups in total. The highest BCUT2D eigenvalue weighted by atomic mass is 16.1. The fourth-order valence-corrected chi connectivity index (χ4v) is 2.02. The molecule has 0 amide bonds. The molecule has 0 aliphatic heterocycles. The number of rotatable bonds is 3. The molecule has 1 aromatic rings. The van der Waals surface area contributed by atoms with Gasteiger partial charge in [-0.2, -0.15) is 0 Å². The summed E-state index contributed by atoms with van der Waals surface area (Å²) < 4.78 is 0. The standard InChI is InChI=1S/C12H13NO/c1-10-4-2-3-5-11(10)12(6-7-12)8-13-9-14/h2-5H,6-8H2,1H3. The fraction of sp³-hybridized carbons (Fsp3) is 0.417. The Morgan fingerprint density at radius 2 is 2.14 bits per heavy atom. The molecule has 1 aliphatic rings. The second kappa shape index (κ2) is 3.39. The van der Waals surface area contributed by atoms with Crippen LogP contribution in [0.5, 0.6) is 0 Å². The Kier molecular flexibility index (Phi) is 2.22. The molecule has 0 aromatic heterocycles. The molecule has 2 heteroatoms. The summed E-state index contributed by atoms with van der Waals surface area (Å²) >= 11 is 0. The Morgan fingerprint density at radius 1 is 1.43 bits per heavy atom. The van der Waals surface area contributed by atoms with Crippen molar-refractivity contribution in [1.82, 2.24) is 0 Å². The zero-order valence-electron chi connectivity index (χ0n) is 8.29. The van der Waals surface area contributed by atoms with Gasteiger partial charge in [-0.25, -0.2) is 9.79 Å². The third-order valence-corrected chi connectivity index (χ3v) is 3.02. The van der Waals surface area contributed by atoms with Gasteiger partial charge in [-0.3, -0.25) is 0 Å². The molecule has 2 rings (SSSR count). The van der Waals surface area contributed by atoms with E-state index in [1.165, 1.54) is 11.1 Å². The Morgan fingerprint density at radius 3 is 2.71 bits per heavy atom. The number of nitrogens with zero attached hydrogens (tertiary/aromatic N) is 1. The lowest BCUT2D eigenvalue weighted by molar-refractivity contribution is 0.559. The number of aliphatic imine (C=N–C) groups is 1. The highest BCUT2D eigenvalue weighted by Crippen LogP contribution is 2.49. The van der Waals surface area contributed by atoms with E-state index in [0.717, 1.165) is 12.8 Å². The molecule has 2 nitrogen and oxygen atoms in total. The normalized spacial score (nSPS) is 17.2. The SMILES string of the molecule is Cc1ccccc1C1(CN=C=O)CC1. The van der Waals surface area contributed by atoms with Crippen molar-refractivity contribution in [2.24, 2.45) is 4.99 Å². The van der Waals surface area contributed by atoms with Crippen molar-refractivity contribution in [2.75, 3.05) is 6.54 Å². The maximum absolute atomic E-state index is 10.1. The van der Waals surface area contributed by atoms with E-state index in [1.807, 2.05) is 12.1 Å². The van der Waals surface area contributed by atoms with Crippen LogP contribution in [0.15, 0.2) is 29.3 Å². The first kappa shape index (κ1) is 9.17. The zero-order chi connectivity index (χ0) is 10.0. The van der Waals surface area contributed by atoms with Crippen LogP contribution in [-0.4, -0.2) is 12.6 Å². The number of hydrogen-bond acceptors (Lipinski definition) is 2. The maximum Gasteiger partial charge on any atom is 0.234 e. The lowest BCUT2D eigenvalue weighted by Gasteiger charge is -2.14. The lowest BCUT2D eigenvalue weighted by atomic mass is 9.92. The molecule has 0 saturated heterocycles. The zero-order valence-corrected chi connectivity index (χ0v) is 8.29. The molecule has 1 aromatic carbocycles. The predicted molar refractivity (Wildman–Crippen MR) is 55.1 cm³/mol. The summed E-state index contributed by atoms with van der Waals surface area (Å²) in [5.41, 5.74) is 2.80. The molecule has 14 heavy (non-hydrogen) atoms.